The van der Waals surface area contributed by atoms with E-state index in [1.807, 2.05) is 0 Å². The number of carbonyl (C=O) groups is 1. The summed E-state index contributed by atoms with van der Waals surface area (Å²) in [4.78, 5) is 28.2. The summed E-state index contributed by atoms with van der Waals surface area (Å²) in [5.41, 5.74) is 0.298. The number of carbonyl (C=O) groups excluding carboxylic acids is 1. The first-order valence-electron chi connectivity index (χ1n) is 8.64. The standard InChI is InChI=1S/C20H17ClF3N3O2/c1-10(13-9-25-19(28)17-12(13)4-6-16(23)18(17)24)27(2)20(29)26-8-11-3-5-15(22)14(21)7-11/h3-7,9-10H,8H2,1-2H3,(H,25,28)(H,26,29)/t10-/m1/s1. The molecule has 0 unspecified atom stereocenters. The van der Waals surface area contributed by atoms with Crippen LogP contribution in [0, 0.1) is 17.5 Å². The van der Waals surface area contributed by atoms with Crippen LogP contribution in [0.1, 0.15) is 24.1 Å². The van der Waals surface area contributed by atoms with Crippen molar-refractivity contribution in [3.63, 3.8) is 0 Å². The maximum Gasteiger partial charge on any atom is 0.317 e. The van der Waals surface area contributed by atoms with Crippen LogP contribution in [-0.2, 0) is 6.54 Å². The van der Waals surface area contributed by atoms with Gasteiger partial charge in [-0.1, -0.05) is 23.7 Å². The van der Waals surface area contributed by atoms with Gasteiger partial charge >= 0.3 is 6.03 Å². The number of hydrogen-bond donors (Lipinski definition) is 2. The third kappa shape index (κ3) is 4.07. The molecule has 5 nitrogen and oxygen atoms in total. The van der Waals surface area contributed by atoms with Crippen LogP contribution in [0.15, 0.2) is 41.3 Å². The summed E-state index contributed by atoms with van der Waals surface area (Å²) in [5.74, 6) is -2.92. The van der Waals surface area contributed by atoms with Gasteiger partial charge in [-0.15, -0.1) is 0 Å². The second-order valence-electron chi connectivity index (χ2n) is 6.55. The number of nitrogens with one attached hydrogen (secondary N) is 2. The molecule has 2 N–H and O–H groups in total. The lowest BCUT2D eigenvalue weighted by atomic mass is 10.0. The lowest BCUT2D eigenvalue weighted by Crippen LogP contribution is -2.38. The smallest absolute Gasteiger partial charge is 0.317 e. The molecule has 2 amide bonds. The number of aromatic amines is 1. The number of hydrogen-bond acceptors (Lipinski definition) is 2. The molecule has 9 heteroatoms. The molecule has 3 aromatic rings. The Morgan fingerprint density at radius 2 is 1.90 bits per heavy atom. The number of pyridine rings is 1. The van der Waals surface area contributed by atoms with Gasteiger partial charge in [-0.25, -0.2) is 18.0 Å². The van der Waals surface area contributed by atoms with E-state index in [9.17, 15) is 22.8 Å². The molecule has 0 fully saturated rings. The normalized spacial score (nSPS) is 12.1. The summed E-state index contributed by atoms with van der Waals surface area (Å²) < 4.78 is 40.9. The lowest BCUT2D eigenvalue weighted by Gasteiger charge is -2.26. The predicted octanol–water partition coefficient (Wildman–Crippen LogP) is 4.50. The Bertz CT molecular complexity index is 1150. The van der Waals surface area contributed by atoms with E-state index in [1.54, 1.807) is 6.92 Å². The van der Waals surface area contributed by atoms with Crippen molar-refractivity contribution in [2.75, 3.05) is 7.05 Å². The van der Waals surface area contributed by atoms with E-state index in [-0.39, 0.29) is 17.0 Å². The van der Waals surface area contributed by atoms with E-state index < -0.39 is 40.5 Å². The van der Waals surface area contributed by atoms with Gasteiger partial charge in [0.05, 0.1) is 16.5 Å². The number of urea groups is 1. The minimum atomic E-state index is -1.24. The molecule has 2 aromatic carbocycles. The Hall–Kier alpha value is -3.00. The highest BCUT2D eigenvalue weighted by Gasteiger charge is 2.22. The van der Waals surface area contributed by atoms with Crippen LogP contribution in [0.5, 0.6) is 0 Å². The van der Waals surface area contributed by atoms with Crippen molar-refractivity contribution in [1.29, 1.82) is 0 Å². The Balaban J connectivity index is 1.82. The average molecular weight is 424 g/mol. The average Bonchev–Trinajstić information content (AvgIpc) is 2.70. The van der Waals surface area contributed by atoms with Gasteiger partial charge in [-0.05, 0) is 41.6 Å². The fourth-order valence-electron chi connectivity index (χ4n) is 2.99. The summed E-state index contributed by atoms with van der Waals surface area (Å²) >= 11 is 5.73. The van der Waals surface area contributed by atoms with Gasteiger partial charge < -0.3 is 15.2 Å². The molecule has 0 aliphatic rings. The molecule has 1 heterocycles. The monoisotopic (exact) mass is 423 g/mol. The van der Waals surface area contributed by atoms with E-state index >= 15 is 0 Å². The van der Waals surface area contributed by atoms with E-state index in [0.29, 0.717) is 11.1 Å². The van der Waals surface area contributed by atoms with Crippen LogP contribution < -0.4 is 10.9 Å². The van der Waals surface area contributed by atoms with Crippen LogP contribution >= 0.6 is 11.6 Å². The number of halogens is 4. The van der Waals surface area contributed by atoms with E-state index in [4.69, 9.17) is 11.6 Å². The first kappa shape index (κ1) is 20.7. The second kappa shape index (κ2) is 8.16. The third-order valence-electron chi connectivity index (χ3n) is 4.77. The van der Waals surface area contributed by atoms with Gasteiger partial charge in [0.2, 0.25) is 0 Å². The molecule has 3 rings (SSSR count). The largest absolute Gasteiger partial charge is 0.334 e. The third-order valence-corrected chi connectivity index (χ3v) is 5.06. The lowest BCUT2D eigenvalue weighted by molar-refractivity contribution is 0.194. The minimum Gasteiger partial charge on any atom is -0.334 e. The van der Waals surface area contributed by atoms with Crippen LogP contribution in [0.25, 0.3) is 10.8 Å². The van der Waals surface area contributed by atoms with E-state index in [2.05, 4.69) is 10.3 Å². The zero-order valence-corrected chi connectivity index (χ0v) is 16.3. The number of aromatic nitrogens is 1. The van der Waals surface area contributed by atoms with Crippen LogP contribution in [-0.4, -0.2) is 23.0 Å². The van der Waals surface area contributed by atoms with Crippen molar-refractivity contribution in [3.8, 4) is 0 Å². The van der Waals surface area contributed by atoms with Crippen LogP contribution in [0.3, 0.4) is 0 Å². The Morgan fingerprint density at radius 1 is 1.21 bits per heavy atom. The van der Waals surface area contributed by atoms with Gasteiger partial charge in [0.25, 0.3) is 5.56 Å². The summed E-state index contributed by atoms with van der Waals surface area (Å²) in [5, 5.41) is 2.44. The zero-order valence-electron chi connectivity index (χ0n) is 15.5. The van der Waals surface area contributed by atoms with Gasteiger partial charge in [-0.3, -0.25) is 4.79 Å². The molecular formula is C20H17ClF3N3O2. The number of rotatable bonds is 4. The van der Waals surface area contributed by atoms with E-state index in [1.165, 1.54) is 42.4 Å². The Kier molecular flexibility index (Phi) is 5.83. The quantitative estimate of drug-likeness (QED) is 0.649. The van der Waals surface area contributed by atoms with E-state index in [0.717, 1.165) is 6.07 Å². The molecule has 1 atom stereocenters. The summed E-state index contributed by atoms with van der Waals surface area (Å²) in [7, 11) is 1.52. The van der Waals surface area contributed by atoms with Crippen molar-refractivity contribution in [2.45, 2.75) is 19.5 Å². The molecule has 0 radical (unpaired) electrons. The first-order chi connectivity index (χ1) is 13.7. The first-order valence-corrected chi connectivity index (χ1v) is 9.02. The molecule has 29 heavy (non-hydrogen) atoms. The molecule has 1 aromatic heterocycles. The number of H-pyrrole nitrogens is 1. The maximum atomic E-state index is 14.1. The summed E-state index contributed by atoms with van der Waals surface area (Å²) in [6, 6.07) is 5.32. The molecule has 0 aliphatic heterocycles. The Labute approximate surface area is 169 Å². The highest BCUT2D eigenvalue weighted by Crippen LogP contribution is 2.27. The van der Waals surface area contributed by atoms with Crippen molar-refractivity contribution < 1.29 is 18.0 Å². The van der Waals surface area contributed by atoms with Gasteiger partial charge in [0.1, 0.15) is 5.82 Å². The number of nitrogens with zero attached hydrogens (tertiary/aromatic N) is 1. The van der Waals surface area contributed by atoms with Gasteiger partial charge in [0.15, 0.2) is 11.6 Å². The zero-order chi connectivity index (χ0) is 21.3. The number of benzene rings is 2. The maximum absolute atomic E-state index is 14.1. The van der Waals surface area contributed by atoms with Crippen molar-refractivity contribution >= 4 is 28.4 Å². The SMILES string of the molecule is C[C@H](c1c[nH]c(=O)c2c(F)c(F)ccc12)N(C)C(=O)NCc1ccc(F)c(Cl)c1. The fourth-order valence-corrected chi connectivity index (χ4v) is 3.19. The van der Waals surface area contributed by atoms with Crippen molar-refractivity contribution in [3.05, 3.63) is 80.5 Å². The van der Waals surface area contributed by atoms with Gasteiger partial charge in [-0.2, -0.15) is 0 Å². The number of amides is 2. The van der Waals surface area contributed by atoms with Crippen LogP contribution in [0.4, 0.5) is 18.0 Å². The molecule has 0 saturated carbocycles. The summed E-state index contributed by atoms with van der Waals surface area (Å²) in [6.45, 7) is 1.80. The second-order valence-corrected chi connectivity index (χ2v) is 6.96. The predicted molar refractivity (Wildman–Crippen MR) is 104 cm³/mol. The molecular weight excluding hydrogens is 407 g/mol. The highest BCUT2D eigenvalue weighted by atomic mass is 35.5. The van der Waals surface area contributed by atoms with Gasteiger partial charge in [0, 0.05) is 19.8 Å². The van der Waals surface area contributed by atoms with Crippen LogP contribution in [0.2, 0.25) is 5.02 Å². The topological polar surface area (TPSA) is 65.2 Å². The molecule has 152 valence electrons. The highest BCUT2D eigenvalue weighted by molar-refractivity contribution is 6.30. The minimum absolute atomic E-state index is 0.0487. The van der Waals surface area contributed by atoms with Crippen molar-refractivity contribution in [1.82, 2.24) is 15.2 Å². The van der Waals surface area contributed by atoms with Crippen molar-refractivity contribution in [2.24, 2.45) is 0 Å². The summed E-state index contributed by atoms with van der Waals surface area (Å²) in [6.07, 6.45) is 1.37. The number of fused-ring (bicyclic) bond motifs is 1. The molecule has 0 spiro atoms. The fraction of sp³-hybridized carbons (Fsp3) is 0.200. The molecule has 0 saturated heterocycles. The molecule has 0 bridgehead atoms. The Morgan fingerprint density at radius 3 is 2.59 bits per heavy atom. The molecule has 0 aliphatic carbocycles.